The van der Waals surface area contributed by atoms with Crippen LogP contribution < -0.4 is 5.32 Å². The molecule has 1 amide bonds. The van der Waals surface area contributed by atoms with Crippen LogP contribution in [0, 0.1) is 6.92 Å². The molecule has 0 aliphatic carbocycles. The van der Waals surface area contributed by atoms with E-state index in [9.17, 15) is 9.59 Å². The smallest absolute Gasteiger partial charge is 0.246 e. The van der Waals surface area contributed by atoms with E-state index < -0.39 is 0 Å². The van der Waals surface area contributed by atoms with Gasteiger partial charge < -0.3 is 5.32 Å². The fourth-order valence-corrected chi connectivity index (χ4v) is 2.94. The van der Waals surface area contributed by atoms with Gasteiger partial charge in [0.15, 0.2) is 11.6 Å². The van der Waals surface area contributed by atoms with Crippen LogP contribution in [0.1, 0.15) is 23.1 Å². The number of anilines is 1. The summed E-state index contributed by atoms with van der Waals surface area (Å²) in [6, 6.07) is 11.9. The number of rotatable bonds is 5. The Hall–Kier alpha value is -2.70. The molecule has 3 rings (SSSR count). The third-order valence-corrected chi connectivity index (χ3v) is 4.57. The van der Waals surface area contributed by atoms with E-state index >= 15 is 0 Å². The SMILES string of the molecule is CC(=O)c1ccccc1NC(=O)Cn1nc(C)nc1-c1ccc(Cl)c(Cl)c1. The summed E-state index contributed by atoms with van der Waals surface area (Å²) in [6.07, 6.45) is 0. The van der Waals surface area contributed by atoms with Crippen molar-refractivity contribution in [2.45, 2.75) is 20.4 Å². The zero-order chi connectivity index (χ0) is 19.6. The summed E-state index contributed by atoms with van der Waals surface area (Å²) >= 11 is 12.0. The standard InChI is InChI=1S/C19H16Cl2N4O2/c1-11(26)14-5-3-4-6-17(14)23-18(27)10-25-19(22-12(2)24-25)13-7-8-15(20)16(21)9-13/h3-9H,10H2,1-2H3,(H,23,27). The predicted octanol–water partition coefficient (Wildman–Crippen LogP) is 4.40. The maximum atomic E-state index is 12.5. The molecule has 2 aromatic carbocycles. The maximum absolute atomic E-state index is 12.5. The number of halogens is 2. The second kappa shape index (κ2) is 7.90. The number of aryl methyl sites for hydroxylation is 1. The van der Waals surface area contributed by atoms with Gasteiger partial charge in [-0.3, -0.25) is 9.59 Å². The molecule has 0 spiro atoms. The maximum Gasteiger partial charge on any atom is 0.246 e. The lowest BCUT2D eigenvalue weighted by Crippen LogP contribution is -2.21. The van der Waals surface area contributed by atoms with Crippen LogP contribution >= 0.6 is 23.2 Å². The fourth-order valence-electron chi connectivity index (χ4n) is 2.64. The average Bonchev–Trinajstić information content (AvgIpc) is 2.97. The van der Waals surface area contributed by atoms with Crippen LogP contribution in [-0.4, -0.2) is 26.5 Å². The summed E-state index contributed by atoms with van der Waals surface area (Å²) < 4.78 is 1.49. The van der Waals surface area contributed by atoms with E-state index in [4.69, 9.17) is 23.2 Å². The lowest BCUT2D eigenvalue weighted by atomic mass is 10.1. The number of carbonyl (C=O) groups excluding carboxylic acids is 2. The monoisotopic (exact) mass is 402 g/mol. The van der Waals surface area contributed by atoms with Gasteiger partial charge in [-0.1, -0.05) is 35.3 Å². The molecule has 0 fully saturated rings. The van der Waals surface area contributed by atoms with Gasteiger partial charge in [-0.2, -0.15) is 5.10 Å². The van der Waals surface area contributed by atoms with Gasteiger partial charge in [0.05, 0.1) is 15.7 Å². The third-order valence-electron chi connectivity index (χ3n) is 3.83. The molecular weight excluding hydrogens is 387 g/mol. The van der Waals surface area contributed by atoms with Gasteiger partial charge >= 0.3 is 0 Å². The highest BCUT2D eigenvalue weighted by atomic mass is 35.5. The number of nitrogens with zero attached hydrogens (tertiary/aromatic N) is 3. The number of carbonyl (C=O) groups is 2. The second-order valence-corrected chi connectivity index (χ2v) is 6.73. The van der Waals surface area contributed by atoms with E-state index in [0.29, 0.717) is 38.5 Å². The van der Waals surface area contributed by atoms with Crippen molar-refractivity contribution in [3.63, 3.8) is 0 Å². The molecule has 0 saturated carbocycles. The van der Waals surface area contributed by atoms with E-state index in [2.05, 4.69) is 15.4 Å². The van der Waals surface area contributed by atoms with Crippen molar-refractivity contribution in [2.75, 3.05) is 5.32 Å². The lowest BCUT2D eigenvalue weighted by Gasteiger charge is -2.10. The number of hydrogen-bond donors (Lipinski definition) is 1. The molecule has 3 aromatic rings. The number of aromatic nitrogens is 3. The molecule has 0 bridgehead atoms. The molecule has 0 unspecified atom stereocenters. The summed E-state index contributed by atoms with van der Waals surface area (Å²) in [5, 5.41) is 7.86. The van der Waals surface area contributed by atoms with Crippen molar-refractivity contribution in [1.82, 2.24) is 14.8 Å². The van der Waals surface area contributed by atoms with Crippen LogP contribution in [0.5, 0.6) is 0 Å². The number of nitrogens with one attached hydrogen (secondary N) is 1. The Morgan fingerprint density at radius 3 is 2.56 bits per heavy atom. The van der Waals surface area contributed by atoms with Crippen molar-refractivity contribution < 1.29 is 9.59 Å². The second-order valence-electron chi connectivity index (χ2n) is 5.92. The average molecular weight is 403 g/mol. The first-order valence-corrected chi connectivity index (χ1v) is 8.87. The van der Waals surface area contributed by atoms with Crippen molar-refractivity contribution in [1.29, 1.82) is 0 Å². The number of ketones is 1. The Balaban J connectivity index is 1.85. The topological polar surface area (TPSA) is 76.9 Å². The van der Waals surface area contributed by atoms with Gasteiger partial charge in [-0.05, 0) is 44.2 Å². The third kappa shape index (κ3) is 4.35. The van der Waals surface area contributed by atoms with Crippen LogP contribution in [-0.2, 0) is 11.3 Å². The Labute approximate surface area is 166 Å². The Bertz CT molecular complexity index is 1030. The van der Waals surface area contributed by atoms with Crippen molar-refractivity contribution in [3.05, 3.63) is 63.9 Å². The normalized spacial score (nSPS) is 10.7. The summed E-state index contributed by atoms with van der Waals surface area (Å²) in [6.45, 7) is 3.12. The highest BCUT2D eigenvalue weighted by Gasteiger charge is 2.16. The Morgan fingerprint density at radius 2 is 1.85 bits per heavy atom. The summed E-state index contributed by atoms with van der Waals surface area (Å²) in [5.74, 6) is 0.572. The van der Waals surface area contributed by atoms with Gasteiger partial charge in [0.2, 0.25) is 5.91 Å². The van der Waals surface area contributed by atoms with E-state index in [0.717, 1.165) is 0 Å². The predicted molar refractivity (Wildman–Crippen MR) is 105 cm³/mol. The molecule has 0 saturated heterocycles. The zero-order valence-electron chi connectivity index (χ0n) is 14.7. The number of Topliss-reactive ketones (excluding diaryl/α,β-unsaturated/α-hetero) is 1. The summed E-state index contributed by atoms with van der Waals surface area (Å²) in [5.41, 5.74) is 1.61. The minimum Gasteiger partial charge on any atom is -0.324 e. The van der Waals surface area contributed by atoms with Crippen LogP contribution in [0.15, 0.2) is 42.5 Å². The van der Waals surface area contributed by atoms with E-state index in [1.807, 2.05) is 0 Å². The molecule has 1 heterocycles. The number of para-hydroxylation sites is 1. The Morgan fingerprint density at radius 1 is 1.11 bits per heavy atom. The van der Waals surface area contributed by atoms with Crippen LogP contribution in [0.4, 0.5) is 5.69 Å². The summed E-state index contributed by atoms with van der Waals surface area (Å²) in [7, 11) is 0. The molecule has 1 aromatic heterocycles. The molecule has 138 valence electrons. The number of hydrogen-bond acceptors (Lipinski definition) is 4. The highest BCUT2D eigenvalue weighted by Crippen LogP contribution is 2.27. The minimum atomic E-state index is -0.324. The molecular formula is C19H16Cl2N4O2. The molecule has 1 N–H and O–H groups in total. The largest absolute Gasteiger partial charge is 0.324 e. The molecule has 0 radical (unpaired) electrons. The van der Waals surface area contributed by atoms with Crippen LogP contribution in [0.2, 0.25) is 10.0 Å². The minimum absolute atomic E-state index is 0.0668. The van der Waals surface area contributed by atoms with E-state index in [1.165, 1.54) is 11.6 Å². The van der Waals surface area contributed by atoms with Crippen molar-refractivity contribution in [3.8, 4) is 11.4 Å². The highest BCUT2D eigenvalue weighted by molar-refractivity contribution is 6.42. The molecule has 0 aliphatic heterocycles. The van der Waals surface area contributed by atoms with Gasteiger partial charge in [0.1, 0.15) is 12.4 Å². The first-order chi connectivity index (χ1) is 12.8. The van der Waals surface area contributed by atoms with Crippen molar-refractivity contribution >= 4 is 40.6 Å². The van der Waals surface area contributed by atoms with Gasteiger partial charge in [-0.25, -0.2) is 9.67 Å². The van der Waals surface area contributed by atoms with Gasteiger partial charge in [0, 0.05) is 11.1 Å². The van der Waals surface area contributed by atoms with Gasteiger partial charge in [0.25, 0.3) is 0 Å². The van der Waals surface area contributed by atoms with Crippen LogP contribution in [0.25, 0.3) is 11.4 Å². The zero-order valence-corrected chi connectivity index (χ0v) is 16.2. The fraction of sp³-hybridized carbons (Fsp3) is 0.158. The summed E-state index contributed by atoms with van der Waals surface area (Å²) in [4.78, 5) is 28.6. The molecule has 0 aliphatic rings. The lowest BCUT2D eigenvalue weighted by molar-refractivity contribution is -0.116. The van der Waals surface area contributed by atoms with Crippen LogP contribution in [0.3, 0.4) is 0 Å². The first kappa shape index (κ1) is 19.1. The number of amides is 1. The Kier molecular flexibility index (Phi) is 5.58. The first-order valence-electron chi connectivity index (χ1n) is 8.12. The molecule has 27 heavy (non-hydrogen) atoms. The van der Waals surface area contributed by atoms with E-state index in [1.54, 1.807) is 49.4 Å². The molecule has 0 atom stereocenters. The quantitative estimate of drug-likeness (QED) is 0.641. The molecule has 8 heteroatoms. The van der Waals surface area contributed by atoms with Crippen molar-refractivity contribution in [2.24, 2.45) is 0 Å². The van der Waals surface area contributed by atoms with Gasteiger partial charge in [-0.15, -0.1) is 0 Å². The molecule has 6 nitrogen and oxygen atoms in total. The van der Waals surface area contributed by atoms with E-state index in [-0.39, 0.29) is 18.2 Å². The number of benzene rings is 2.